The minimum absolute atomic E-state index is 0.0495. The zero-order valence-corrected chi connectivity index (χ0v) is 17.2. The number of aromatic nitrogens is 1. The zero-order valence-electron chi connectivity index (χ0n) is 17.2. The number of halogens is 3. The van der Waals surface area contributed by atoms with Crippen molar-refractivity contribution in [1.82, 2.24) is 25.4 Å². The van der Waals surface area contributed by atoms with E-state index in [1.807, 2.05) is 4.90 Å². The molecule has 0 unspecified atom stereocenters. The minimum atomic E-state index is -4.35. The third-order valence-electron chi connectivity index (χ3n) is 7.36. The molecule has 1 aromatic rings. The quantitative estimate of drug-likeness (QED) is 0.747. The second-order valence-electron chi connectivity index (χ2n) is 9.77. The summed E-state index contributed by atoms with van der Waals surface area (Å²) in [5, 5.41) is 5.65. The molecule has 0 bridgehead atoms. The first-order valence-electron chi connectivity index (χ1n) is 10.8. The van der Waals surface area contributed by atoms with Crippen LogP contribution < -0.4 is 10.6 Å². The van der Waals surface area contributed by atoms with Gasteiger partial charge in [-0.25, -0.2) is 9.59 Å². The SMILES string of the molecule is O=C1NCC2(CN(C(=O)N3CC4(CCC(Cc5ccc(C(F)(F)F)cn5)CC4)C3)C2)N1. The summed E-state index contributed by atoms with van der Waals surface area (Å²) in [6.07, 6.45) is 1.35. The molecule has 4 aliphatic rings. The summed E-state index contributed by atoms with van der Waals surface area (Å²) in [7, 11) is 0. The van der Waals surface area contributed by atoms with Crippen LogP contribution in [0.3, 0.4) is 0 Å². The lowest BCUT2D eigenvalue weighted by Gasteiger charge is -2.56. The van der Waals surface area contributed by atoms with Crippen LogP contribution in [0.15, 0.2) is 18.3 Å². The first-order chi connectivity index (χ1) is 14.7. The highest BCUT2D eigenvalue weighted by molar-refractivity contribution is 5.81. The average Bonchev–Trinajstić information content (AvgIpc) is 3.07. The van der Waals surface area contributed by atoms with E-state index in [9.17, 15) is 22.8 Å². The second-order valence-corrected chi connectivity index (χ2v) is 9.77. The number of carbonyl (C=O) groups is 2. The van der Waals surface area contributed by atoms with Gasteiger partial charge in [-0.2, -0.15) is 13.2 Å². The van der Waals surface area contributed by atoms with Crippen molar-refractivity contribution in [2.24, 2.45) is 11.3 Å². The normalized spacial score (nSPS) is 24.5. The Balaban J connectivity index is 1.06. The first kappa shape index (κ1) is 20.4. The number of rotatable bonds is 2. The van der Waals surface area contributed by atoms with E-state index in [-0.39, 0.29) is 23.0 Å². The molecule has 4 amide bonds. The fourth-order valence-corrected chi connectivity index (χ4v) is 5.51. The predicted octanol–water partition coefficient (Wildman–Crippen LogP) is 2.62. The van der Waals surface area contributed by atoms with Gasteiger partial charge in [0.2, 0.25) is 0 Å². The van der Waals surface area contributed by atoms with Crippen molar-refractivity contribution in [3.63, 3.8) is 0 Å². The second kappa shape index (κ2) is 7.00. The van der Waals surface area contributed by atoms with E-state index in [2.05, 4.69) is 15.6 Å². The highest BCUT2D eigenvalue weighted by atomic mass is 19.4. The molecule has 2 N–H and O–H groups in total. The van der Waals surface area contributed by atoms with Crippen molar-refractivity contribution in [3.8, 4) is 0 Å². The van der Waals surface area contributed by atoms with Crippen LogP contribution in [-0.2, 0) is 12.6 Å². The van der Waals surface area contributed by atoms with E-state index < -0.39 is 11.7 Å². The van der Waals surface area contributed by atoms with Crippen LogP contribution in [0.5, 0.6) is 0 Å². The number of hydrogen-bond acceptors (Lipinski definition) is 3. The molecule has 2 spiro atoms. The van der Waals surface area contributed by atoms with Crippen molar-refractivity contribution >= 4 is 12.1 Å². The Morgan fingerprint density at radius 2 is 1.81 bits per heavy atom. The van der Waals surface area contributed by atoms with Crippen molar-refractivity contribution in [1.29, 1.82) is 0 Å². The van der Waals surface area contributed by atoms with Crippen LogP contribution in [-0.4, -0.2) is 65.1 Å². The molecule has 4 fully saturated rings. The maximum absolute atomic E-state index is 12.7. The summed E-state index contributed by atoms with van der Waals surface area (Å²) < 4.78 is 38.0. The molecule has 0 aromatic carbocycles. The molecule has 3 aliphatic heterocycles. The summed E-state index contributed by atoms with van der Waals surface area (Å²) in [4.78, 5) is 31.7. The third-order valence-corrected chi connectivity index (χ3v) is 7.36. The molecule has 4 heterocycles. The van der Waals surface area contributed by atoms with Gasteiger partial charge in [-0.05, 0) is 50.2 Å². The summed E-state index contributed by atoms with van der Waals surface area (Å²) >= 11 is 0. The van der Waals surface area contributed by atoms with E-state index >= 15 is 0 Å². The number of carbonyl (C=O) groups excluding carboxylic acids is 2. The first-order valence-corrected chi connectivity index (χ1v) is 10.8. The fraction of sp³-hybridized carbons (Fsp3) is 0.667. The van der Waals surface area contributed by atoms with Gasteiger partial charge in [0.15, 0.2) is 0 Å². The molecular formula is C21H26F3N5O2. The Morgan fingerprint density at radius 3 is 2.35 bits per heavy atom. The molecule has 5 rings (SSSR count). The van der Waals surface area contributed by atoms with Crippen molar-refractivity contribution in [2.75, 3.05) is 32.7 Å². The average molecular weight is 437 g/mol. The monoisotopic (exact) mass is 437 g/mol. The minimum Gasteiger partial charge on any atom is -0.336 e. The van der Waals surface area contributed by atoms with Gasteiger partial charge in [0.05, 0.1) is 11.1 Å². The number of pyridine rings is 1. The van der Waals surface area contributed by atoms with E-state index in [1.165, 1.54) is 6.07 Å². The maximum atomic E-state index is 12.7. The highest BCUT2D eigenvalue weighted by Gasteiger charge is 2.53. The standard InChI is InChI=1S/C21H26F3N5O2/c22-21(23,24)15-1-2-16(25-8-15)7-14-3-5-19(6-4-14)10-28(11-19)18(31)29-12-20(13-29)9-26-17(30)27-20/h1-2,8,14H,3-7,9-13H2,(H2,26,27,30). The lowest BCUT2D eigenvalue weighted by atomic mass is 9.65. The Kier molecular flexibility index (Phi) is 4.60. The van der Waals surface area contributed by atoms with Gasteiger partial charge in [0.25, 0.3) is 0 Å². The van der Waals surface area contributed by atoms with Crippen LogP contribution in [0.25, 0.3) is 0 Å². The summed E-state index contributed by atoms with van der Waals surface area (Å²) in [6, 6.07) is 2.47. The lowest BCUT2D eigenvalue weighted by molar-refractivity contribution is -0.137. The number of urea groups is 2. The van der Waals surface area contributed by atoms with Gasteiger partial charge in [0.1, 0.15) is 0 Å². The van der Waals surface area contributed by atoms with Crippen molar-refractivity contribution in [3.05, 3.63) is 29.6 Å². The Labute approximate surface area is 178 Å². The number of nitrogens with zero attached hydrogens (tertiary/aromatic N) is 3. The van der Waals surface area contributed by atoms with Crippen molar-refractivity contribution < 1.29 is 22.8 Å². The molecule has 0 atom stereocenters. The fourth-order valence-electron chi connectivity index (χ4n) is 5.51. The van der Waals surface area contributed by atoms with Crippen LogP contribution in [0.1, 0.15) is 36.9 Å². The Morgan fingerprint density at radius 1 is 1.13 bits per heavy atom. The molecular weight excluding hydrogens is 411 g/mol. The van der Waals surface area contributed by atoms with E-state index in [0.29, 0.717) is 37.7 Å². The van der Waals surface area contributed by atoms with Gasteiger partial charge in [-0.1, -0.05) is 0 Å². The topological polar surface area (TPSA) is 77.6 Å². The molecule has 7 nitrogen and oxygen atoms in total. The van der Waals surface area contributed by atoms with Crippen LogP contribution in [0.4, 0.5) is 22.8 Å². The van der Waals surface area contributed by atoms with Gasteiger partial charge >= 0.3 is 18.2 Å². The number of hydrogen-bond donors (Lipinski definition) is 2. The molecule has 10 heteroatoms. The Bertz CT molecular complexity index is 866. The van der Waals surface area contributed by atoms with Crippen molar-refractivity contribution in [2.45, 2.75) is 43.8 Å². The smallest absolute Gasteiger partial charge is 0.336 e. The number of nitrogens with one attached hydrogen (secondary N) is 2. The lowest BCUT2D eigenvalue weighted by Crippen LogP contribution is -2.73. The van der Waals surface area contributed by atoms with Crippen LogP contribution in [0, 0.1) is 11.3 Å². The molecule has 3 saturated heterocycles. The van der Waals surface area contributed by atoms with E-state index in [0.717, 1.165) is 51.0 Å². The van der Waals surface area contributed by atoms with E-state index in [4.69, 9.17) is 0 Å². The van der Waals surface area contributed by atoms with Gasteiger partial charge in [-0.15, -0.1) is 0 Å². The molecule has 31 heavy (non-hydrogen) atoms. The third kappa shape index (κ3) is 3.80. The van der Waals surface area contributed by atoms with Crippen LogP contribution in [0.2, 0.25) is 0 Å². The van der Waals surface area contributed by atoms with Gasteiger partial charge in [-0.3, -0.25) is 4.98 Å². The van der Waals surface area contributed by atoms with Gasteiger partial charge < -0.3 is 20.4 Å². The molecule has 168 valence electrons. The summed E-state index contributed by atoms with van der Waals surface area (Å²) in [5.41, 5.74) is -0.109. The zero-order chi connectivity index (χ0) is 21.9. The molecule has 1 aliphatic carbocycles. The molecule has 1 aromatic heterocycles. The Hall–Kier alpha value is -2.52. The number of likely N-dealkylation sites (tertiary alicyclic amines) is 2. The highest BCUT2D eigenvalue weighted by Crippen LogP contribution is 2.47. The van der Waals surface area contributed by atoms with Gasteiger partial charge in [0, 0.05) is 50.0 Å². The maximum Gasteiger partial charge on any atom is 0.417 e. The summed E-state index contributed by atoms with van der Waals surface area (Å²) in [5.74, 6) is 0.424. The van der Waals surface area contributed by atoms with Crippen LogP contribution >= 0.6 is 0 Å². The molecule has 0 radical (unpaired) electrons. The molecule has 1 saturated carbocycles. The largest absolute Gasteiger partial charge is 0.417 e. The number of alkyl halides is 3. The predicted molar refractivity (Wildman–Crippen MR) is 105 cm³/mol. The number of amides is 4. The van der Waals surface area contributed by atoms with E-state index in [1.54, 1.807) is 4.90 Å². The summed E-state index contributed by atoms with van der Waals surface area (Å²) in [6.45, 7) is 3.21.